The van der Waals surface area contributed by atoms with Gasteiger partial charge in [-0.25, -0.2) is 4.98 Å². The van der Waals surface area contributed by atoms with E-state index in [-0.39, 0.29) is 11.8 Å². The van der Waals surface area contributed by atoms with Crippen LogP contribution in [-0.4, -0.2) is 28.9 Å². The number of fused-ring (bicyclic) bond motifs is 1. The number of carbonyl (C=O) groups is 1. The summed E-state index contributed by atoms with van der Waals surface area (Å²) in [6.45, 7) is 4.59. The molecule has 5 nitrogen and oxygen atoms in total. The summed E-state index contributed by atoms with van der Waals surface area (Å²) in [5.74, 6) is -0.0652. The van der Waals surface area contributed by atoms with Crippen molar-refractivity contribution >= 4 is 22.5 Å². The summed E-state index contributed by atoms with van der Waals surface area (Å²) in [6, 6.07) is 11.4. The smallest absolute Gasteiger partial charge is 0.272 e. The average molecular weight is 282 g/mol. The molecule has 1 aromatic heterocycles. The van der Waals surface area contributed by atoms with E-state index in [1.165, 1.54) is 0 Å². The summed E-state index contributed by atoms with van der Waals surface area (Å²) in [6.07, 6.45) is 0. The molecule has 1 aromatic carbocycles. The largest absolute Gasteiger partial charge is 0.383 e. The zero-order valence-electron chi connectivity index (χ0n) is 12.2. The molecule has 0 aliphatic carbocycles. The Morgan fingerprint density at radius 2 is 2.19 bits per heavy atom. The van der Waals surface area contributed by atoms with E-state index in [1.807, 2.05) is 31.2 Å². The molecule has 0 saturated heterocycles. The number of hydrogen-bond donors (Lipinski definition) is 1. The fraction of sp³-hybridized carbons (Fsp3) is 0.312. The standard InChI is InChI=1S/C16H18N4O/c1-3-20(10-11(2)9-17)16(21)14-8-12-6-4-5-7-13(12)15(18)19-14/h4-8,11H,3,10H2,1-2H3,(H2,18,19). The van der Waals surface area contributed by atoms with Crippen molar-refractivity contribution in [3.63, 3.8) is 0 Å². The lowest BCUT2D eigenvalue weighted by Crippen LogP contribution is -2.34. The minimum absolute atomic E-state index is 0.197. The van der Waals surface area contributed by atoms with Crippen molar-refractivity contribution < 1.29 is 4.79 Å². The maximum atomic E-state index is 12.5. The normalized spacial score (nSPS) is 11.9. The van der Waals surface area contributed by atoms with Crippen LogP contribution < -0.4 is 5.73 Å². The number of rotatable bonds is 4. The molecule has 1 unspecified atom stereocenters. The number of hydrogen-bond acceptors (Lipinski definition) is 4. The maximum absolute atomic E-state index is 12.5. The van der Waals surface area contributed by atoms with E-state index in [2.05, 4.69) is 11.1 Å². The van der Waals surface area contributed by atoms with E-state index in [0.717, 1.165) is 10.8 Å². The Bertz CT molecular complexity index is 705. The molecule has 0 saturated carbocycles. The van der Waals surface area contributed by atoms with Crippen molar-refractivity contribution in [3.05, 3.63) is 36.0 Å². The number of amides is 1. The van der Waals surface area contributed by atoms with Crippen molar-refractivity contribution in [1.29, 1.82) is 5.26 Å². The van der Waals surface area contributed by atoms with Crippen molar-refractivity contribution in [2.45, 2.75) is 13.8 Å². The predicted molar refractivity (Wildman–Crippen MR) is 82.5 cm³/mol. The number of nitrogen functional groups attached to an aromatic ring is 1. The van der Waals surface area contributed by atoms with E-state index in [0.29, 0.717) is 24.6 Å². The van der Waals surface area contributed by atoms with Crippen LogP contribution in [0.5, 0.6) is 0 Å². The Hall–Kier alpha value is -2.61. The third kappa shape index (κ3) is 3.11. The van der Waals surface area contributed by atoms with Gasteiger partial charge in [-0.1, -0.05) is 24.3 Å². The summed E-state index contributed by atoms with van der Waals surface area (Å²) >= 11 is 0. The van der Waals surface area contributed by atoms with Crippen LogP contribution in [0.1, 0.15) is 24.3 Å². The quantitative estimate of drug-likeness (QED) is 0.933. The first-order valence-electron chi connectivity index (χ1n) is 6.91. The van der Waals surface area contributed by atoms with Gasteiger partial charge in [0.1, 0.15) is 11.5 Å². The maximum Gasteiger partial charge on any atom is 0.272 e. The molecule has 1 heterocycles. The van der Waals surface area contributed by atoms with Gasteiger partial charge in [0.15, 0.2) is 0 Å². The molecule has 0 radical (unpaired) electrons. The van der Waals surface area contributed by atoms with Crippen LogP contribution in [0.4, 0.5) is 5.82 Å². The number of nitrogens with two attached hydrogens (primary N) is 1. The number of anilines is 1. The highest BCUT2D eigenvalue weighted by atomic mass is 16.2. The first-order valence-corrected chi connectivity index (χ1v) is 6.91. The van der Waals surface area contributed by atoms with Gasteiger partial charge in [0.25, 0.3) is 5.91 Å². The summed E-state index contributed by atoms with van der Waals surface area (Å²) in [7, 11) is 0. The lowest BCUT2D eigenvalue weighted by atomic mass is 10.1. The van der Waals surface area contributed by atoms with Gasteiger partial charge in [0, 0.05) is 18.5 Å². The van der Waals surface area contributed by atoms with Crippen molar-refractivity contribution in [2.24, 2.45) is 5.92 Å². The van der Waals surface area contributed by atoms with Gasteiger partial charge in [-0.2, -0.15) is 5.26 Å². The second-order valence-electron chi connectivity index (χ2n) is 4.99. The van der Waals surface area contributed by atoms with Crippen LogP contribution in [0.2, 0.25) is 0 Å². The number of nitrogens with zero attached hydrogens (tertiary/aromatic N) is 3. The molecule has 5 heteroatoms. The number of pyridine rings is 1. The summed E-state index contributed by atoms with van der Waals surface area (Å²) in [4.78, 5) is 18.3. The fourth-order valence-corrected chi connectivity index (χ4v) is 2.22. The van der Waals surface area contributed by atoms with Crippen molar-refractivity contribution in [1.82, 2.24) is 9.88 Å². The molecule has 0 spiro atoms. The van der Waals surface area contributed by atoms with E-state index >= 15 is 0 Å². The molecule has 1 atom stereocenters. The molecule has 21 heavy (non-hydrogen) atoms. The Labute approximate surface area is 124 Å². The zero-order valence-corrected chi connectivity index (χ0v) is 12.2. The Kier molecular flexibility index (Phi) is 4.39. The minimum atomic E-state index is -0.216. The molecule has 2 aromatic rings. The third-order valence-electron chi connectivity index (χ3n) is 3.37. The number of aromatic nitrogens is 1. The molecule has 0 fully saturated rings. The monoisotopic (exact) mass is 282 g/mol. The predicted octanol–water partition coefficient (Wildman–Crippen LogP) is 2.44. The number of carbonyl (C=O) groups excluding carboxylic acids is 1. The van der Waals surface area contributed by atoms with Gasteiger partial charge in [-0.15, -0.1) is 0 Å². The highest BCUT2D eigenvalue weighted by molar-refractivity contribution is 5.99. The van der Waals surface area contributed by atoms with Gasteiger partial charge in [0.2, 0.25) is 0 Å². The molecule has 1 amide bonds. The van der Waals surface area contributed by atoms with Crippen LogP contribution >= 0.6 is 0 Å². The van der Waals surface area contributed by atoms with Gasteiger partial charge in [0.05, 0.1) is 12.0 Å². The SMILES string of the molecule is CCN(CC(C)C#N)C(=O)c1cc2ccccc2c(N)n1. The summed E-state index contributed by atoms with van der Waals surface area (Å²) < 4.78 is 0. The van der Waals surface area contributed by atoms with Crippen LogP contribution in [-0.2, 0) is 0 Å². The molecule has 2 N–H and O–H groups in total. The Morgan fingerprint density at radius 1 is 1.48 bits per heavy atom. The van der Waals surface area contributed by atoms with E-state index in [9.17, 15) is 4.79 Å². The summed E-state index contributed by atoms with van der Waals surface area (Å²) in [5.41, 5.74) is 6.25. The fourth-order valence-electron chi connectivity index (χ4n) is 2.22. The van der Waals surface area contributed by atoms with Crippen LogP contribution in [0.15, 0.2) is 30.3 Å². The zero-order chi connectivity index (χ0) is 15.4. The van der Waals surface area contributed by atoms with Crippen LogP contribution in [0, 0.1) is 17.2 Å². The van der Waals surface area contributed by atoms with Crippen LogP contribution in [0.25, 0.3) is 10.8 Å². The molecular formula is C16H18N4O. The second kappa shape index (κ2) is 6.23. The highest BCUT2D eigenvalue weighted by Gasteiger charge is 2.19. The van der Waals surface area contributed by atoms with Crippen LogP contribution in [0.3, 0.4) is 0 Å². The lowest BCUT2D eigenvalue weighted by molar-refractivity contribution is 0.0747. The molecular weight excluding hydrogens is 264 g/mol. The lowest BCUT2D eigenvalue weighted by Gasteiger charge is -2.21. The molecule has 2 rings (SSSR count). The van der Waals surface area contributed by atoms with E-state index in [4.69, 9.17) is 11.0 Å². The number of nitriles is 1. The molecule has 108 valence electrons. The molecule has 0 aliphatic rings. The van der Waals surface area contributed by atoms with E-state index in [1.54, 1.807) is 17.9 Å². The van der Waals surface area contributed by atoms with E-state index < -0.39 is 0 Å². The second-order valence-corrected chi connectivity index (χ2v) is 4.99. The van der Waals surface area contributed by atoms with Gasteiger partial charge < -0.3 is 10.6 Å². The topological polar surface area (TPSA) is 83.0 Å². The number of benzene rings is 1. The minimum Gasteiger partial charge on any atom is -0.383 e. The Morgan fingerprint density at radius 3 is 2.86 bits per heavy atom. The van der Waals surface area contributed by atoms with Crippen molar-refractivity contribution in [3.8, 4) is 6.07 Å². The first-order chi connectivity index (χ1) is 10.1. The average Bonchev–Trinajstić information content (AvgIpc) is 2.51. The summed E-state index contributed by atoms with van der Waals surface area (Å²) in [5, 5.41) is 10.6. The van der Waals surface area contributed by atoms with Crippen molar-refractivity contribution in [2.75, 3.05) is 18.8 Å². The van der Waals surface area contributed by atoms with Gasteiger partial charge >= 0.3 is 0 Å². The highest BCUT2D eigenvalue weighted by Crippen LogP contribution is 2.20. The third-order valence-corrected chi connectivity index (χ3v) is 3.37. The molecule has 0 aliphatic heterocycles. The Balaban J connectivity index is 2.36. The van der Waals surface area contributed by atoms with Gasteiger partial charge in [-0.05, 0) is 25.3 Å². The molecule has 0 bridgehead atoms. The van der Waals surface area contributed by atoms with Gasteiger partial charge in [-0.3, -0.25) is 4.79 Å². The first kappa shape index (κ1) is 14.8.